The number of halogens is 1. The van der Waals surface area contributed by atoms with Crippen LogP contribution in [0.25, 0.3) is 22.3 Å². The molecule has 1 heterocycles. The molecular weight excluding hydrogens is 380 g/mol. The van der Waals surface area contributed by atoms with Crippen molar-refractivity contribution >= 4 is 26.9 Å². The van der Waals surface area contributed by atoms with E-state index in [1.807, 2.05) is 42.5 Å². The summed E-state index contributed by atoms with van der Waals surface area (Å²) in [5.74, 6) is 1.30. The van der Waals surface area contributed by atoms with E-state index in [2.05, 4.69) is 15.9 Å². The van der Waals surface area contributed by atoms with Gasteiger partial charge in [0.25, 0.3) is 0 Å². The van der Waals surface area contributed by atoms with Gasteiger partial charge >= 0.3 is 0 Å². The number of benzene rings is 2. The predicted octanol–water partition coefficient (Wildman–Crippen LogP) is 5.79. The van der Waals surface area contributed by atoms with E-state index in [1.54, 1.807) is 12.1 Å². The lowest BCUT2D eigenvalue weighted by molar-refractivity contribution is 0.305. The van der Waals surface area contributed by atoms with Crippen molar-refractivity contribution in [1.82, 2.24) is 0 Å². The van der Waals surface area contributed by atoms with E-state index < -0.39 is 0 Å². The molecule has 0 saturated carbocycles. The molecule has 1 aromatic heterocycles. The Balaban J connectivity index is 1.73. The molecule has 0 aliphatic carbocycles. The molecule has 0 spiro atoms. The third-order valence-corrected chi connectivity index (χ3v) is 4.61. The highest BCUT2D eigenvalue weighted by Crippen LogP contribution is 2.24. The number of ether oxygens (including phenoxy) is 1. The van der Waals surface area contributed by atoms with Gasteiger partial charge in [-0.3, -0.25) is 4.79 Å². The minimum Gasteiger partial charge on any atom is -0.494 e. The lowest BCUT2D eigenvalue weighted by atomic mass is 10.1. The van der Waals surface area contributed by atoms with Crippen molar-refractivity contribution in [2.24, 2.45) is 0 Å². The first-order chi connectivity index (χ1) is 12.3. The maximum absolute atomic E-state index is 12.5. The molecule has 0 unspecified atom stereocenters. The quantitative estimate of drug-likeness (QED) is 0.354. The zero-order chi connectivity index (χ0) is 17.5. The summed E-state index contributed by atoms with van der Waals surface area (Å²) in [6, 6.07) is 16.6. The fraction of sp³-hybridized carbons (Fsp3) is 0.286. The molecule has 0 saturated heterocycles. The zero-order valence-corrected chi connectivity index (χ0v) is 15.6. The van der Waals surface area contributed by atoms with Crippen LogP contribution in [0.5, 0.6) is 5.75 Å². The van der Waals surface area contributed by atoms with Gasteiger partial charge in [-0.2, -0.15) is 0 Å². The summed E-state index contributed by atoms with van der Waals surface area (Å²) in [6.07, 6.45) is 4.58. The Bertz CT molecular complexity index is 871. The van der Waals surface area contributed by atoms with Gasteiger partial charge in [0.15, 0.2) is 5.43 Å². The number of unbranched alkanes of at least 4 members (excludes halogenated alkanes) is 3. The first-order valence-corrected chi connectivity index (χ1v) is 9.72. The Morgan fingerprint density at radius 1 is 0.920 bits per heavy atom. The fourth-order valence-corrected chi connectivity index (χ4v) is 3.11. The fourth-order valence-electron chi connectivity index (χ4n) is 2.71. The van der Waals surface area contributed by atoms with Gasteiger partial charge < -0.3 is 9.15 Å². The van der Waals surface area contributed by atoms with Crippen LogP contribution in [0.2, 0.25) is 0 Å². The van der Waals surface area contributed by atoms with Gasteiger partial charge in [-0.25, -0.2) is 0 Å². The topological polar surface area (TPSA) is 39.4 Å². The molecule has 130 valence electrons. The van der Waals surface area contributed by atoms with Crippen LogP contribution in [-0.2, 0) is 0 Å². The molecule has 0 aliphatic rings. The summed E-state index contributed by atoms with van der Waals surface area (Å²) in [5, 5.41) is 1.61. The van der Waals surface area contributed by atoms with Crippen molar-refractivity contribution in [1.29, 1.82) is 0 Å². The van der Waals surface area contributed by atoms with Gasteiger partial charge in [0.2, 0.25) is 0 Å². The molecule has 0 N–H and O–H groups in total. The van der Waals surface area contributed by atoms with Crippen molar-refractivity contribution in [2.45, 2.75) is 25.7 Å². The first-order valence-electron chi connectivity index (χ1n) is 8.60. The molecule has 0 radical (unpaired) electrons. The van der Waals surface area contributed by atoms with Crippen molar-refractivity contribution < 1.29 is 9.15 Å². The molecule has 0 aliphatic heterocycles. The number of alkyl halides is 1. The molecular formula is C21H21BrO3. The molecule has 4 heteroatoms. The van der Waals surface area contributed by atoms with E-state index in [0.717, 1.165) is 23.7 Å². The average molecular weight is 401 g/mol. The van der Waals surface area contributed by atoms with Gasteiger partial charge in [-0.05, 0) is 31.0 Å². The Kier molecular flexibility index (Phi) is 6.29. The summed E-state index contributed by atoms with van der Waals surface area (Å²) in [7, 11) is 0. The van der Waals surface area contributed by atoms with Gasteiger partial charge in [-0.15, -0.1) is 0 Å². The summed E-state index contributed by atoms with van der Waals surface area (Å²) in [5.41, 5.74) is 1.42. The molecule has 0 amide bonds. The summed E-state index contributed by atoms with van der Waals surface area (Å²) in [4.78, 5) is 12.5. The zero-order valence-electron chi connectivity index (χ0n) is 14.0. The van der Waals surface area contributed by atoms with Crippen molar-refractivity contribution in [2.75, 3.05) is 11.9 Å². The maximum Gasteiger partial charge on any atom is 0.193 e. The molecule has 2 aromatic carbocycles. The molecule has 0 fully saturated rings. The van der Waals surface area contributed by atoms with E-state index in [0.29, 0.717) is 29.1 Å². The van der Waals surface area contributed by atoms with Crippen LogP contribution in [-0.4, -0.2) is 11.9 Å². The van der Waals surface area contributed by atoms with Crippen molar-refractivity contribution in [3.8, 4) is 17.1 Å². The lowest BCUT2D eigenvalue weighted by Gasteiger charge is -2.08. The predicted molar refractivity (Wildman–Crippen MR) is 106 cm³/mol. The van der Waals surface area contributed by atoms with Crippen molar-refractivity contribution in [3.63, 3.8) is 0 Å². The van der Waals surface area contributed by atoms with Gasteiger partial charge in [-0.1, -0.05) is 59.1 Å². The smallest absolute Gasteiger partial charge is 0.193 e. The number of hydrogen-bond donors (Lipinski definition) is 0. The standard InChI is InChI=1S/C21H21BrO3/c22-12-6-1-2-7-13-24-17-10-11-20-18(14-17)19(23)15-21(25-20)16-8-4-3-5-9-16/h3-5,8-11,14-15H,1-2,6-7,12-13H2. The molecule has 3 nitrogen and oxygen atoms in total. The van der Waals surface area contributed by atoms with Crippen LogP contribution in [0.15, 0.2) is 63.8 Å². The Morgan fingerprint density at radius 2 is 1.72 bits per heavy atom. The van der Waals surface area contributed by atoms with E-state index in [1.165, 1.54) is 12.8 Å². The Labute approximate surface area is 155 Å². The first kappa shape index (κ1) is 17.7. The molecule has 3 rings (SSSR count). The summed E-state index contributed by atoms with van der Waals surface area (Å²) < 4.78 is 11.7. The molecule has 25 heavy (non-hydrogen) atoms. The minimum absolute atomic E-state index is 0.0529. The molecule has 3 aromatic rings. The van der Waals surface area contributed by atoms with Gasteiger partial charge in [0.05, 0.1) is 12.0 Å². The summed E-state index contributed by atoms with van der Waals surface area (Å²) >= 11 is 3.44. The van der Waals surface area contributed by atoms with Crippen molar-refractivity contribution in [3.05, 3.63) is 64.8 Å². The molecule has 0 bridgehead atoms. The van der Waals surface area contributed by atoms with Crippen LogP contribution in [0.4, 0.5) is 0 Å². The largest absolute Gasteiger partial charge is 0.494 e. The van der Waals surface area contributed by atoms with Crippen LogP contribution >= 0.6 is 15.9 Å². The highest BCUT2D eigenvalue weighted by molar-refractivity contribution is 9.09. The number of fused-ring (bicyclic) bond motifs is 1. The van der Waals surface area contributed by atoms with Gasteiger partial charge in [0, 0.05) is 17.0 Å². The lowest BCUT2D eigenvalue weighted by Crippen LogP contribution is -2.02. The van der Waals surface area contributed by atoms with Crippen LogP contribution in [0.3, 0.4) is 0 Å². The van der Waals surface area contributed by atoms with E-state index in [4.69, 9.17) is 9.15 Å². The van der Waals surface area contributed by atoms with E-state index >= 15 is 0 Å². The van der Waals surface area contributed by atoms with Gasteiger partial charge in [0.1, 0.15) is 17.1 Å². The average Bonchev–Trinajstić information content (AvgIpc) is 2.65. The van der Waals surface area contributed by atoms with Crippen LogP contribution < -0.4 is 10.2 Å². The van der Waals surface area contributed by atoms with Crippen LogP contribution in [0.1, 0.15) is 25.7 Å². The third kappa shape index (κ3) is 4.73. The number of rotatable bonds is 8. The second-order valence-corrected chi connectivity index (χ2v) is 6.74. The second kappa shape index (κ2) is 8.86. The third-order valence-electron chi connectivity index (χ3n) is 4.05. The second-order valence-electron chi connectivity index (χ2n) is 5.95. The highest BCUT2D eigenvalue weighted by atomic mass is 79.9. The Hall–Kier alpha value is -2.07. The van der Waals surface area contributed by atoms with Crippen LogP contribution in [0, 0.1) is 0 Å². The normalized spacial score (nSPS) is 10.9. The SMILES string of the molecule is O=c1cc(-c2ccccc2)oc2ccc(OCCCCCCBr)cc12. The van der Waals surface area contributed by atoms with E-state index in [-0.39, 0.29) is 5.43 Å². The van der Waals surface area contributed by atoms with E-state index in [9.17, 15) is 4.79 Å². The molecule has 0 atom stereocenters. The minimum atomic E-state index is -0.0529. The summed E-state index contributed by atoms with van der Waals surface area (Å²) in [6.45, 7) is 0.668. The monoisotopic (exact) mass is 400 g/mol. The number of hydrogen-bond acceptors (Lipinski definition) is 3. The maximum atomic E-state index is 12.5. The highest BCUT2D eigenvalue weighted by Gasteiger charge is 2.08. The Morgan fingerprint density at radius 3 is 2.52 bits per heavy atom.